The summed E-state index contributed by atoms with van der Waals surface area (Å²) in [4.78, 5) is 0. The Balaban J connectivity index is 2.20. The fraction of sp³-hybridized carbons (Fsp3) is 0.538. The lowest BCUT2D eigenvalue weighted by atomic mass is 10.2. The minimum Gasteiger partial charge on any atom is -0.419 e. The van der Waals surface area contributed by atoms with Crippen molar-refractivity contribution in [1.29, 1.82) is 0 Å². The molecule has 0 aliphatic carbocycles. The number of hydrogen-bond acceptors (Lipinski definition) is 3. The lowest BCUT2D eigenvalue weighted by Gasteiger charge is -2.23. The Kier molecular flexibility index (Phi) is 6.43. The third-order valence-electron chi connectivity index (χ3n) is 2.30. The van der Waals surface area contributed by atoms with Crippen molar-refractivity contribution in [2.45, 2.75) is 25.5 Å². The van der Waals surface area contributed by atoms with E-state index in [-0.39, 0.29) is 5.04 Å². The highest BCUT2D eigenvalue weighted by atomic mass is 28.2. The first-order chi connectivity index (χ1) is 8.14. The molecule has 0 saturated heterocycles. The van der Waals surface area contributed by atoms with Crippen molar-refractivity contribution in [3.05, 3.63) is 35.9 Å². The lowest BCUT2D eigenvalue weighted by Crippen LogP contribution is -2.22. The van der Waals surface area contributed by atoms with Gasteiger partial charge in [-0.1, -0.05) is 44.2 Å². The molecular formula is C13H22O3Si. The SMILES string of the molecule is COCOCC(C)(C)[SiH2]OCc1ccccc1. The first-order valence-corrected chi connectivity index (χ1v) is 7.11. The van der Waals surface area contributed by atoms with Crippen molar-refractivity contribution in [1.82, 2.24) is 0 Å². The molecule has 1 aromatic rings. The fourth-order valence-electron chi connectivity index (χ4n) is 1.46. The van der Waals surface area contributed by atoms with Crippen LogP contribution in [0.25, 0.3) is 0 Å². The van der Waals surface area contributed by atoms with E-state index in [1.807, 2.05) is 18.2 Å². The molecule has 1 rings (SSSR count). The van der Waals surface area contributed by atoms with Gasteiger partial charge in [0.25, 0.3) is 0 Å². The Bertz CT molecular complexity index is 301. The standard InChI is InChI=1S/C13H22O3Si/c1-13(2,10-15-11-14-3)17-16-9-12-7-5-4-6-8-12/h4-8H,9-11,17H2,1-3H3. The first-order valence-electron chi connectivity index (χ1n) is 5.82. The zero-order valence-electron chi connectivity index (χ0n) is 10.9. The Hall–Kier alpha value is -0.683. The molecule has 0 spiro atoms. The van der Waals surface area contributed by atoms with Gasteiger partial charge < -0.3 is 13.9 Å². The van der Waals surface area contributed by atoms with Gasteiger partial charge in [-0.25, -0.2) is 0 Å². The minimum absolute atomic E-state index is 0.146. The van der Waals surface area contributed by atoms with Crippen molar-refractivity contribution >= 4 is 9.76 Å². The summed E-state index contributed by atoms with van der Waals surface area (Å²) in [6, 6.07) is 10.3. The zero-order chi connectivity index (χ0) is 12.6. The molecule has 0 atom stereocenters. The highest BCUT2D eigenvalue weighted by Gasteiger charge is 2.19. The smallest absolute Gasteiger partial charge is 0.169 e. The number of methoxy groups -OCH3 is 1. The van der Waals surface area contributed by atoms with Crippen LogP contribution < -0.4 is 0 Å². The molecule has 0 aliphatic rings. The summed E-state index contributed by atoms with van der Waals surface area (Å²) >= 11 is 0. The second-order valence-corrected chi connectivity index (χ2v) is 7.51. The summed E-state index contributed by atoms with van der Waals surface area (Å²) in [6.45, 7) is 6.12. The Labute approximate surface area is 106 Å². The molecular weight excluding hydrogens is 232 g/mol. The molecule has 0 aliphatic heterocycles. The maximum atomic E-state index is 5.83. The number of benzene rings is 1. The predicted molar refractivity (Wildman–Crippen MR) is 71.6 cm³/mol. The van der Waals surface area contributed by atoms with E-state index in [9.17, 15) is 0 Å². The molecule has 1 aromatic carbocycles. The van der Waals surface area contributed by atoms with E-state index in [0.717, 1.165) is 0 Å². The third-order valence-corrected chi connectivity index (χ3v) is 3.69. The van der Waals surface area contributed by atoms with Crippen molar-refractivity contribution in [2.75, 3.05) is 20.5 Å². The van der Waals surface area contributed by atoms with Crippen molar-refractivity contribution in [2.24, 2.45) is 0 Å². The van der Waals surface area contributed by atoms with Gasteiger partial charge in [0.05, 0.1) is 13.2 Å². The van der Waals surface area contributed by atoms with Gasteiger partial charge in [-0.3, -0.25) is 0 Å². The van der Waals surface area contributed by atoms with Crippen LogP contribution in [0.1, 0.15) is 19.4 Å². The molecule has 0 saturated carbocycles. The maximum Gasteiger partial charge on any atom is 0.169 e. The highest BCUT2D eigenvalue weighted by molar-refractivity contribution is 6.32. The average molecular weight is 254 g/mol. The van der Waals surface area contributed by atoms with Gasteiger partial charge >= 0.3 is 0 Å². The normalized spacial score (nSPS) is 12.4. The van der Waals surface area contributed by atoms with Crippen LogP contribution in [-0.4, -0.2) is 30.3 Å². The molecule has 0 unspecified atom stereocenters. The molecule has 4 heteroatoms. The topological polar surface area (TPSA) is 27.7 Å². The molecule has 0 aromatic heterocycles. The summed E-state index contributed by atoms with van der Waals surface area (Å²) < 4.78 is 16.1. The molecule has 17 heavy (non-hydrogen) atoms. The van der Waals surface area contributed by atoms with Crippen LogP contribution in [0.4, 0.5) is 0 Å². The Morgan fingerprint density at radius 1 is 1.18 bits per heavy atom. The van der Waals surface area contributed by atoms with Crippen LogP contribution in [0.5, 0.6) is 0 Å². The summed E-state index contributed by atoms with van der Waals surface area (Å²) in [5.41, 5.74) is 1.23. The second-order valence-electron chi connectivity index (χ2n) is 4.90. The number of ether oxygens (including phenoxy) is 2. The van der Waals surface area contributed by atoms with Gasteiger partial charge in [-0.05, 0) is 5.56 Å². The summed E-state index contributed by atoms with van der Waals surface area (Å²) in [5.74, 6) is 0. The molecule has 0 heterocycles. The van der Waals surface area contributed by atoms with Gasteiger partial charge in [0, 0.05) is 12.1 Å². The van der Waals surface area contributed by atoms with Gasteiger partial charge in [-0.2, -0.15) is 0 Å². The van der Waals surface area contributed by atoms with Crippen LogP contribution >= 0.6 is 0 Å². The van der Waals surface area contributed by atoms with Crippen LogP contribution in [0.2, 0.25) is 5.04 Å². The van der Waals surface area contributed by atoms with Gasteiger partial charge in [0.1, 0.15) is 6.79 Å². The highest BCUT2D eigenvalue weighted by Crippen LogP contribution is 2.23. The largest absolute Gasteiger partial charge is 0.419 e. The quantitative estimate of drug-likeness (QED) is 0.404. The van der Waals surface area contributed by atoms with E-state index in [1.165, 1.54) is 5.56 Å². The second kappa shape index (κ2) is 7.61. The molecule has 0 fully saturated rings. The molecule has 0 bridgehead atoms. The van der Waals surface area contributed by atoms with Crippen LogP contribution in [0.3, 0.4) is 0 Å². The molecule has 0 N–H and O–H groups in total. The van der Waals surface area contributed by atoms with Gasteiger partial charge in [-0.15, -0.1) is 0 Å². The molecule has 3 nitrogen and oxygen atoms in total. The lowest BCUT2D eigenvalue weighted by molar-refractivity contribution is -0.0389. The van der Waals surface area contributed by atoms with Crippen LogP contribution in [0, 0.1) is 0 Å². The summed E-state index contributed by atoms with van der Waals surface area (Å²) in [5, 5.41) is 0.146. The van der Waals surface area contributed by atoms with Crippen molar-refractivity contribution in [3.63, 3.8) is 0 Å². The van der Waals surface area contributed by atoms with E-state index in [4.69, 9.17) is 13.9 Å². The number of hydrogen-bond donors (Lipinski definition) is 0. The molecule has 96 valence electrons. The Morgan fingerprint density at radius 2 is 1.88 bits per heavy atom. The van der Waals surface area contributed by atoms with Crippen LogP contribution in [-0.2, 0) is 20.5 Å². The van der Waals surface area contributed by atoms with E-state index >= 15 is 0 Å². The van der Waals surface area contributed by atoms with Gasteiger partial charge in [0.2, 0.25) is 0 Å². The number of rotatable bonds is 8. The van der Waals surface area contributed by atoms with E-state index in [0.29, 0.717) is 20.0 Å². The third kappa shape index (κ3) is 6.58. The predicted octanol–water partition coefficient (Wildman–Crippen LogP) is 2.11. The van der Waals surface area contributed by atoms with Gasteiger partial charge in [0.15, 0.2) is 9.76 Å². The monoisotopic (exact) mass is 254 g/mol. The minimum atomic E-state index is -0.613. The van der Waals surface area contributed by atoms with Crippen molar-refractivity contribution in [3.8, 4) is 0 Å². The van der Waals surface area contributed by atoms with Crippen molar-refractivity contribution < 1.29 is 13.9 Å². The van der Waals surface area contributed by atoms with E-state index in [1.54, 1.807) is 7.11 Å². The Morgan fingerprint density at radius 3 is 2.53 bits per heavy atom. The maximum absolute atomic E-state index is 5.83. The summed E-state index contributed by atoms with van der Waals surface area (Å²) in [6.07, 6.45) is 0. The molecule has 0 radical (unpaired) electrons. The average Bonchev–Trinajstić information content (AvgIpc) is 2.30. The summed E-state index contributed by atoms with van der Waals surface area (Å²) in [7, 11) is 1.02. The zero-order valence-corrected chi connectivity index (χ0v) is 12.4. The van der Waals surface area contributed by atoms with Crippen LogP contribution in [0.15, 0.2) is 30.3 Å². The van der Waals surface area contributed by atoms with E-state index < -0.39 is 9.76 Å². The molecule has 0 amide bonds. The van der Waals surface area contributed by atoms with E-state index in [2.05, 4.69) is 26.0 Å². The first kappa shape index (κ1) is 14.4. The fourth-order valence-corrected chi connectivity index (χ4v) is 2.58.